The van der Waals surface area contributed by atoms with Gasteiger partial charge in [0.25, 0.3) is 0 Å². The lowest BCUT2D eigenvalue weighted by molar-refractivity contribution is 0.195. The van der Waals surface area contributed by atoms with Gasteiger partial charge >= 0.3 is 0 Å². The summed E-state index contributed by atoms with van der Waals surface area (Å²) >= 11 is 0. The molecule has 1 N–H and O–H groups in total. The Kier molecular flexibility index (Phi) is 4.04. The van der Waals surface area contributed by atoms with Crippen LogP contribution in [0, 0.1) is 5.92 Å². The van der Waals surface area contributed by atoms with E-state index in [4.69, 9.17) is 4.74 Å². The van der Waals surface area contributed by atoms with Gasteiger partial charge in [-0.3, -0.25) is 4.21 Å². The van der Waals surface area contributed by atoms with Crippen molar-refractivity contribution in [2.45, 2.75) is 6.92 Å². The summed E-state index contributed by atoms with van der Waals surface area (Å²) in [6.45, 7) is 4.63. The van der Waals surface area contributed by atoms with Crippen LogP contribution in [0.15, 0.2) is 0 Å². The fourth-order valence-corrected chi connectivity index (χ4v) is 2.16. The molecular weight excluding hydrogens is 162 g/mol. The average molecular weight is 177 g/mol. The van der Waals surface area contributed by atoms with Gasteiger partial charge in [0.15, 0.2) is 0 Å². The monoisotopic (exact) mass is 177 g/mol. The second-order valence-corrected chi connectivity index (χ2v) is 4.19. The van der Waals surface area contributed by atoms with E-state index in [2.05, 4.69) is 5.32 Å². The first-order valence-corrected chi connectivity index (χ1v) is 5.45. The summed E-state index contributed by atoms with van der Waals surface area (Å²) in [6, 6.07) is 0. The summed E-state index contributed by atoms with van der Waals surface area (Å²) in [6.07, 6.45) is 0. The van der Waals surface area contributed by atoms with E-state index in [1.807, 2.05) is 6.92 Å². The SMILES string of the molecule is CCOCS(=O)CC1CNC1. The van der Waals surface area contributed by atoms with Gasteiger partial charge in [0.1, 0.15) is 5.94 Å². The van der Waals surface area contributed by atoms with Gasteiger partial charge < -0.3 is 10.1 Å². The maximum Gasteiger partial charge on any atom is 0.122 e. The van der Waals surface area contributed by atoms with Crippen LogP contribution in [0.2, 0.25) is 0 Å². The predicted octanol–water partition coefficient (Wildman–Crippen LogP) is -0.0515. The topological polar surface area (TPSA) is 38.3 Å². The zero-order valence-corrected chi connectivity index (χ0v) is 7.65. The average Bonchev–Trinajstić information content (AvgIpc) is 1.93. The van der Waals surface area contributed by atoms with Crippen LogP contribution in [-0.2, 0) is 15.5 Å². The zero-order valence-electron chi connectivity index (χ0n) is 6.84. The summed E-state index contributed by atoms with van der Waals surface area (Å²) < 4.78 is 16.2. The molecule has 0 aromatic carbocycles. The molecule has 0 radical (unpaired) electrons. The quantitative estimate of drug-likeness (QED) is 0.640. The zero-order chi connectivity index (χ0) is 8.10. The standard InChI is InChI=1S/C7H15NO2S/c1-2-10-6-11(9)5-7-3-8-4-7/h7-8H,2-6H2,1H3. The molecule has 11 heavy (non-hydrogen) atoms. The van der Waals surface area contributed by atoms with Crippen molar-refractivity contribution in [1.29, 1.82) is 0 Å². The third-order valence-electron chi connectivity index (χ3n) is 1.71. The summed E-state index contributed by atoms with van der Waals surface area (Å²) in [5.74, 6) is 1.83. The Balaban J connectivity index is 2.00. The normalized spacial score (nSPS) is 21.2. The molecule has 0 bridgehead atoms. The van der Waals surface area contributed by atoms with E-state index >= 15 is 0 Å². The van der Waals surface area contributed by atoms with Gasteiger partial charge in [-0.1, -0.05) is 0 Å². The number of nitrogens with one attached hydrogen (secondary N) is 1. The summed E-state index contributed by atoms with van der Waals surface area (Å²) in [5.41, 5.74) is 0. The molecule has 0 amide bonds. The second kappa shape index (κ2) is 4.85. The van der Waals surface area contributed by atoms with E-state index in [0.29, 0.717) is 18.5 Å². The predicted molar refractivity (Wildman–Crippen MR) is 45.9 cm³/mol. The third kappa shape index (κ3) is 3.31. The fraction of sp³-hybridized carbons (Fsp3) is 1.00. The van der Waals surface area contributed by atoms with Crippen LogP contribution in [-0.4, -0.2) is 35.6 Å². The van der Waals surface area contributed by atoms with E-state index in [1.54, 1.807) is 0 Å². The molecule has 1 aliphatic rings. The van der Waals surface area contributed by atoms with Crippen LogP contribution in [0.5, 0.6) is 0 Å². The minimum atomic E-state index is -0.761. The molecule has 3 nitrogen and oxygen atoms in total. The molecule has 1 aliphatic heterocycles. The van der Waals surface area contributed by atoms with Crippen LogP contribution < -0.4 is 5.32 Å². The molecule has 1 atom stereocenters. The smallest absolute Gasteiger partial charge is 0.122 e. The first-order chi connectivity index (χ1) is 5.33. The van der Waals surface area contributed by atoms with Gasteiger partial charge in [0, 0.05) is 36.2 Å². The molecule has 1 heterocycles. The van der Waals surface area contributed by atoms with Gasteiger partial charge in [0.05, 0.1) is 0 Å². The van der Waals surface area contributed by atoms with Crippen LogP contribution in [0.1, 0.15) is 6.92 Å². The van der Waals surface area contributed by atoms with Gasteiger partial charge in [0.2, 0.25) is 0 Å². The maximum absolute atomic E-state index is 11.2. The van der Waals surface area contributed by atoms with E-state index in [-0.39, 0.29) is 0 Å². The molecule has 0 aromatic rings. The van der Waals surface area contributed by atoms with Crippen LogP contribution in [0.3, 0.4) is 0 Å². The number of rotatable bonds is 5. The Morgan fingerprint density at radius 3 is 2.82 bits per heavy atom. The number of hydrogen-bond acceptors (Lipinski definition) is 3. The highest BCUT2D eigenvalue weighted by Crippen LogP contribution is 2.04. The van der Waals surface area contributed by atoms with E-state index in [1.165, 1.54) is 0 Å². The highest BCUT2D eigenvalue weighted by molar-refractivity contribution is 7.84. The lowest BCUT2D eigenvalue weighted by Crippen LogP contribution is -2.45. The largest absolute Gasteiger partial charge is 0.369 e. The molecule has 66 valence electrons. The molecule has 1 rings (SSSR count). The van der Waals surface area contributed by atoms with E-state index in [9.17, 15) is 4.21 Å². The molecular formula is C7H15NO2S. The molecule has 1 fully saturated rings. The van der Waals surface area contributed by atoms with Crippen molar-refractivity contribution in [1.82, 2.24) is 5.32 Å². The van der Waals surface area contributed by atoms with Gasteiger partial charge in [-0.05, 0) is 12.8 Å². The molecule has 0 spiro atoms. The van der Waals surface area contributed by atoms with Crippen molar-refractivity contribution in [2.75, 3.05) is 31.4 Å². The highest BCUT2D eigenvalue weighted by Gasteiger charge is 2.18. The third-order valence-corrected chi connectivity index (χ3v) is 2.98. The second-order valence-electron chi connectivity index (χ2n) is 2.74. The highest BCUT2D eigenvalue weighted by atomic mass is 32.2. The lowest BCUT2D eigenvalue weighted by Gasteiger charge is -2.26. The Bertz CT molecular complexity index is 136. The van der Waals surface area contributed by atoms with Crippen LogP contribution in [0.25, 0.3) is 0 Å². The molecule has 1 saturated heterocycles. The molecule has 4 heteroatoms. The van der Waals surface area contributed by atoms with Crippen molar-refractivity contribution in [3.8, 4) is 0 Å². The summed E-state index contributed by atoms with van der Waals surface area (Å²) in [5, 5.41) is 3.15. The van der Waals surface area contributed by atoms with Gasteiger partial charge in [-0.15, -0.1) is 0 Å². The number of ether oxygens (including phenoxy) is 1. The fourth-order valence-electron chi connectivity index (χ4n) is 0.954. The van der Waals surface area contributed by atoms with Crippen molar-refractivity contribution >= 4 is 10.8 Å². The lowest BCUT2D eigenvalue weighted by atomic mass is 10.1. The van der Waals surface area contributed by atoms with E-state index < -0.39 is 10.8 Å². The Labute approximate surface area is 70.0 Å². The van der Waals surface area contributed by atoms with E-state index in [0.717, 1.165) is 18.8 Å². The first kappa shape index (κ1) is 9.16. The molecule has 1 unspecified atom stereocenters. The maximum atomic E-state index is 11.2. The summed E-state index contributed by atoms with van der Waals surface area (Å²) in [4.78, 5) is 0. The number of hydrogen-bond donors (Lipinski definition) is 1. The molecule has 0 aliphatic carbocycles. The van der Waals surface area contributed by atoms with Crippen LogP contribution in [0.4, 0.5) is 0 Å². The Morgan fingerprint density at radius 1 is 1.64 bits per heavy atom. The van der Waals surface area contributed by atoms with Gasteiger partial charge in [-0.25, -0.2) is 0 Å². The Morgan fingerprint density at radius 2 is 2.36 bits per heavy atom. The van der Waals surface area contributed by atoms with Crippen molar-refractivity contribution in [2.24, 2.45) is 5.92 Å². The molecule has 0 aromatic heterocycles. The van der Waals surface area contributed by atoms with Crippen molar-refractivity contribution in [3.05, 3.63) is 0 Å². The first-order valence-electron chi connectivity index (χ1n) is 3.96. The van der Waals surface area contributed by atoms with Crippen LogP contribution >= 0.6 is 0 Å². The minimum Gasteiger partial charge on any atom is -0.369 e. The Hall–Kier alpha value is 0.0700. The van der Waals surface area contributed by atoms with Gasteiger partial charge in [-0.2, -0.15) is 0 Å². The van der Waals surface area contributed by atoms with Crippen molar-refractivity contribution < 1.29 is 8.95 Å². The molecule has 0 saturated carbocycles. The van der Waals surface area contributed by atoms with Crippen molar-refractivity contribution in [3.63, 3.8) is 0 Å². The minimum absolute atomic E-state index is 0.410. The summed E-state index contributed by atoms with van der Waals surface area (Å²) in [7, 11) is -0.761.